The number of hydrogen-bond donors (Lipinski definition) is 0. The summed E-state index contributed by atoms with van der Waals surface area (Å²) in [5, 5.41) is 8.33. The van der Waals surface area contributed by atoms with Crippen LogP contribution in [0.5, 0.6) is 0 Å². The van der Waals surface area contributed by atoms with Gasteiger partial charge in [-0.3, -0.25) is 0 Å². The summed E-state index contributed by atoms with van der Waals surface area (Å²) in [5.74, 6) is 0. The maximum Gasteiger partial charge on any atom is 0.410 e. The fraction of sp³-hybridized carbons (Fsp3) is 0.688. The van der Waals surface area contributed by atoms with Crippen LogP contribution in [-0.2, 0) is 11.2 Å². The third-order valence-corrected chi connectivity index (χ3v) is 3.88. The highest BCUT2D eigenvalue weighted by molar-refractivity contribution is 6.29. The molecule has 1 unspecified atom stereocenters. The molecule has 0 spiro atoms. The van der Waals surface area contributed by atoms with Crippen molar-refractivity contribution in [3.05, 3.63) is 23.0 Å². The molecule has 5 nitrogen and oxygen atoms in total. The minimum atomic E-state index is -0.458. The third kappa shape index (κ3) is 5.13. The lowest BCUT2D eigenvalue weighted by Gasteiger charge is -2.36. The Morgan fingerprint density at radius 1 is 1.36 bits per heavy atom. The molecule has 0 aliphatic carbocycles. The predicted octanol–water partition coefficient (Wildman–Crippen LogP) is 3.85. The maximum atomic E-state index is 12.3. The van der Waals surface area contributed by atoms with E-state index < -0.39 is 5.60 Å². The van der Waals surface area contributed by atoms with E-state index in [1.807, 2.05) is 31.7 Å². The first-order valence-electron chi connectivity index (χ1n) is 7.83. The van der Waals surface area contributed by atoms with Crippen molar-refractivity contribution < 1.29 is 9.53 Å². The molecule has 0 bridgehead atoms. The molecular formula is C16H24ClN3O2. The summed E-state index contributed by atoms with van der Waals surface area (Å²) in [7, 11) is 0. The first-order chi connectivity index (χ1) is 10.3. The Hall–Kier alpha value is -1.36. The van der Waals surface area contributed by atoms with Crippen molar-refractivity contribution in [3.63, 3.8) is 0 Å². The Labute approximate surface area is 137 Å². The highest BCUT2D eigenvalue weighted by Gasteiger charge is 2.30. The molecule has 0 N–H and O–H groups in total. The average molecular weight is 326 g/mol. The molecule has 0 aromatic carbocycles. The standard InChI is InChI=1S/C16H24ClN3O2/c1-16(2,3)22-15(21)20-11-5-4-6-13(20)9-7-12-8-10-14(17)19-18-12/h8,10,13H,4-7,9,11H2,1-3H3. The number of carbonyl (C=O) groups excluding carboxylic acids is 1. The molecule has 0 radical (unpaired) electrons. The predicted molar refractivity (Wildman–Crippen MR) is 85.9 cm³/mol. The summed E-state index contributed by atoms with van der Waals surface area (Å²) in [4.78, 5) is 14.2. The van der Waals surface area contributed by atoms with Crippen LogP contribution < -0.4 is 0 Å². The van der Waals surface area contributed by atoms with Gasteiger partial charge in [0.25, 0.3) is 0 Å². The summed E-state index contributed by atoms with van der Waals surface area (Å²) >= 11 is 5.74. The Morgan fingerprint density at radius 3 is 2.77 bits per heavy atom. The molecule has 2 rings (SSSR count). The smallest absolute Gasteiger partial charge is 0.410 e. The molecule has 1 atom stereocenters. The Bertz CT molecular complexity index is 499. The highest BCUT2D eigenvalue weighted by Crippen LogP contribution is 2.23. The largest absolute Gasteiger partial charge is 0.444 e. The minimum absolute atomic E-state index is 0.209. The van der Waals surface area contributed by atoms with Crippen LogP contribution in [0.3, 0.4) is 0 Å². The Morgan fingerprint density at radius 2 is 2.14 bits per heavy atom. The number of piperidine rings is 1. The van der Waals surface area contributed by atoms with E-state index in [-0.39, 0.29) is 12.1 Å². The minimum Gasteiger partial charge on any atom is -0.444 e. The number of nitrogens with zero attached hydrogens (tertiary/aromatic N) is 3. The van der Waals surface area contributed by atoms with Gasteiger partial charge in [0.2, 0.25) is 0 Å². The molecule has 1 saturated heterocycles. The van der Waals surface area contributed by atoms with E-state index in [4.69, 9.17) is 16.3 Å². The number of amides is 1. The zero-order chi connectivity index (χ0) is 16.2. The monoisotopic (exact) mass is 325 g/mol. The van der Waals surface area contributed by atoms with Gasteiger partial charge in [0, 0.05) is 12.6 Å². The van der Waals surface area contributed by atoms with Crippen molar-refractivity contribution >= 4 is 17.7 Å². The Balaban J connectivity index is 1.94. The van der Waals surface area contributed by atoms with Gasteiger partial charge in [0.15, 0.2) is 5.15 Å². The van der Waals surface area contributed by atoms with Crippen LogP contribution in [0.25, 0.3) is 0 Å². The number of carbonyl (C=O) groups is 1. The van der Waals surface area contributed by atoms with Crippen LogP contribution in [0, 0.1) is 0 Å². The number of aromatic nitrogens is 2. The van der Waals surface area contributed by atoms with Crippen molar-refractivity contribution in [2.75, 3.05) is 6.54 Å². The lowest BCUT2D eigenvalue weighted by atomic mass is 9.97. The zero-order valence-corrected chi connectivity index (χ0v) is 14.3. The van der Waals surface area contributed by atoms with E-state index in [0.29, 0.717) is 5.15 Å². The molecule has 1 aromatic rings. The lowest BCUT2D eigenvalue weighted by Crippen LogP contribution is -2.46. The lowest BCUT2D eigenvalue weighted by molar-refractivity contribution is 0.00888. The second kappa shape index (κ2) is 7.27. The van der Waals surface area contributed by atoms with Crippen molar-refractivity contribution in [3.8, 4) is 0 Å². The number of halogens is 1. The summed E-state index contributed by atoms with van der Waals surface area (Å²) in [6.07, 6.45) is 4.65. The van der Waals surface area contributed by atoms with Gasteiger partial charge < -0.3 is 9.64 Å². The van der Waals surface area contributed by atoms with Gasteiger partial charge in [0.1, 0.15) is 5.60 Å². The molecule has 2 heterocycles. The van der Waals surface area contributed by atoms with Crippen molar-refractivity contribution in [1.82, 2.24) is 15.1 Å². The molecule has 122 valence electrons. The number of ether oxygens (including phenoxy) is 1. The fourth-order valence-electron chi connectivity index (χ4n) is 2.65. The van der Waals surface area contributed by atoms with Gasteiger partial charge in [-0.15, -0.1) is 5.10 Å². The van der Waals surface area contributed by atoms with Crippen LogP contribution in [0.1, 0.15) is 52.1 Å². The van der Waals surface area contributed by atoms with Crippen LogP contribution >= 0.6 is 11.6 Å². The molecule has 1 amide bonds. The van der Waals surface area contributed by atoms with Crippen molar-refractivity contribution in [2.45, 2.75) is 64.5 Å². The number of hydrogen-bond acceptors (Lipinski definition) is 4. The molecule has 1 aliphatic rings. The summed E-state index contributed by atoms with van der Waals surface area (Å²) in [6, 6.07) is 3.84. The average Bonchev–Trinajstić information content (AvgIpc) is 2.45. The molecule has 0 saturated carbocycles. The maximum absolute atomic E-state index is 12.3. The Kier molecular flexibility index (Phi) is 5.62. The van der Waals surface area contributed by atoms with Crippen LogP contribution in [0.2, 0.25) is 5.15 Å². The number of likely N-dealkylation sites (tertiary alicyclic amines) is 1. The van der Waals surface area contributed by atoms with Gasteiger partial charge in [0.05, 0.1) is 5.69 Å². The molecule has 22 heavy (non-hydrogen) atoms. The van der Waals surface area contributed by atoms with Crippen LogP contribution in [-0.4, -0.2) is 39.4 Å². The van der Waals surface area contributed by atoms with Crippen molar-refractivity contribution in [1.29, 1.82) is 0 Å². The highest BCUT2D eigenvalue weighted by atomic mass is 35.5. The van der Waals surface area contributed by atoms with Gasteiger partial charge in [-0.05, 0) is 65.0 Å². The molecular weight excluding hydrogens is 302 g/mol. The SMILES string of the molecule is CC(C)(C)OC(=O)N1CCCCC1CCc1ccc(Cl)nn1. The zero-order valence-electron chi connectivity index (χ0n) is 13.5. The summed E-state index contributed by atoms with van der Waals surface area (Å²) < 4.78 is 5.52. The first kappa shape index (κ1) is 17.0. The van der Waals surface area contributed by atoms with E-state index in [1.165, 1.54) is 0 Å². The van der Waals surface area contributed by atoms with E-state index in [2.05, 4.69) is 10.2 Å². The van der Waals surface area contributed by atoms with Crippen LogP contribution in [0.4, 0.5) is 4.79 Å². The third-order valence-electron chi connectivity index (χ3n) is 3.68. The number of aryl methyl sites for hydroxylation is 1. The molecule has 1 fully saturated rings. The van der Waals surface area contributed by atoms with Gasteiger partial charge in [-0.1, -0.05) is 11.6 Å². The van der Waals surface area contributed by atoms with E-state index in [0.717, 1.165) is 44.3 Å². The topological polar surface area (TPSA) is 55.3 Å². The van der Waals surface area contributed by atoms with Gasteiger partial charge in [-0.25, -0.2) is 4.79 Å². The van der Waals surface area contributed by atoms with Gasteiger partial charge >= 0.3 is 6.09 Å². The normalized spacial score (nSPS) is 19.1. The van der Waals surface area contributed by atoms with Crippen LogP contribution in [0.15, 0.2) is 12.1 Å². The molecule has 1 aromatic heterocycles. The van der Waals surface area contributed by atoms with Gasteiger partial charge in [-0.2, -0.15) is 5.10 Å². The summed E-state index contributed by atoms with van der Waals surface area (Å²) in [5.41, 5.74) is 0.444. The second-order valence-electron chi connectivity index (χ2n) is 6.71. The first-order valence-corrected chi connectivity index (χ1v) is 8.21. The number of rotatable bonds is 3. The van der Waals surface area contributed by atoms with Crippen molar-refractivity contribution in [2.24, 2.45) is 0 Å². The quantitative estimate of drug-likeness (QED) is 0.847. The molecule has 6 heteroatoms. The summed E-state index contributed by atoms with van der Waals surface area (Å²) in [6.45, 7) is 6.46. The van der Waals surface area contributed by atoms with E-state index in [9.17, 15) is 4.79 Å². The fourth-order valence-corrected chi connectivity index (χ4v) is 2.75. The second-order valence-corrected chi connectivity index (χ2v) is 7.10. The van der Waals surface area contributed by atoms with E-state index in [1.54, 1.807) is 6.07 Å². The van der Waals surface area contributed by atoms with E-state index >= 15 is 0 Å². The molecule has 1 aliphatic heterocycles.